The van der Waals surface area contributed by atoms with E-state index < -0.39 is 11.7 Å². The molecule has 0 saturated heterocycles. The van der Waals surface area contributed by atoms with Gasteiger partial charge in [-0.3, -0.25) is 0 Å². The lowest BCUT2D eigenvalue weighted by molar-refractivity contribution is -0.137. The quantitative estimate of drug-likeness (QED) is 0.483. The molecule has 0 bridgehead atoms. The number of hydrogen-bond acceptors (Lipinski definition) is 5. The number of nitrogens with one attached hydrogen (secondary N) is 2. The summed E-state index contributed by atoms with van der Waals surface area (Å²) in [6, 6.07) is 14.1. The lowest BCUT2D eigenvalue weighted by atomic mass is 9.91. The van der Waals surface area contributed by atoms with Gasteiger partial charge in [0.2, 0.25) is 5.95 Å². The maximum atomic E-state index is 12.9. The Kier molecular flexibility index (Phi) is 7.79. The van der Waals surface area contributed by atoms with Crippen LogP contribution in [0.4, 0.5) is 24.9 Å². The normalized spacial score (nSPS) is 18.6. The fourth-order valence-corrected chi connectivity index (χ4v) is 4.21. The first-order valence-corrected chi connectivity index (χ1v) is 10.9. The molecule has 1 fully saturated rings. The van der Waals surface area contributed by atoms with Crippen molar-refractivity contribution in [3.8, 4) is 0 Å². The van der Waals surface area contributed by atoms with Gasteiger partial charge in [0, 0.05) is 38.1 Å². The molecule has 0 atom stereocenters. The number of rotatable bonds is 6. The van der Waals surface area contributed by atoms with E-state index >= 15 is 0 Å². The highest BCUT2D eigenvalue weighted by molar-refractivity contribution is 5.90. The van der Waals surface area contributed by atoms with E-state index in [0.29, 0.717) is 18.1 Å². The predicted molar refractivity (Wildman–Crippen MR) is 129 cm³/mol. The summed E-state index contributed by atoms with van der Waals surface area (Å²) in [5, 5.41) is 7.92. The molecule has 8 heteroatoms. The number of fused-ring (bicyclic) bond motifs is 1. The number of anilines is 2. The number of benzene rings is 2. The summed E-state index contributed by atoms with van der Waals surface area (Å²) in [7, 11) is 3.94. The van der Waals surface area contributed by atoms with Gasteiger partial charge >= 0.3 is 6.18 Å². The Morgan fingerprint density at radius 3 is 2.33 bits per heavy atom. The lowest BCUT2D eigenvalue weighted by Crippen LogP contribution is -2.37. The Morgan fingerprint density at radius 2 is 1.64 bits per heavy atom. The first-order valence-electron chi connectivity index (χ1n) is 10.9. The molecule has 1 aliphatic rings. The maximum absolute atomic E-state index is 12.9. The van der Waals surface area contributed by atoms with Crippen molar-refractivity contribution in [1.82, 2.24) is 15.3 Å². The highest BCUT2D eigenvalue weighted by atomic mass is 19.4. The smallest absolute Gasteiger partial charge is 0.362 e. The fourth-order valence-electron chi connectivity index (χ4n) is 4.21. The minimum Gasteiger partial charge on any atom is -0.362 e. The van der Waals surface area contributed by atoms with Crippen molar-refractivity contribution in [3.05, 3.63) is 59.7 Å². The second-order valence-corrected chi connectivity index (χ2v) is 8.55. The van der Waals surface area contributed by atoms with Crippen LogP contribution >= 0.6 is 0 Å². The van der Waals surface area contributed by atoms with Gasteiger partial charge in [0.25, 0.3) is 0 Å². The topological polar surface area (TPSA) is 53.1 Å². The number of hydrogen-bond donors (Lipinski definition) is 2. The summed E-state index contributed by atoms with van der Waals surface area (Å²) < 4.78 is 38.7. The van der Waals surface area contributed by atoms with Gasteiger partial charge in [-0.1, -0.05) is 37.8 Å². The summed E-state index contributed by atoms with van der Waals surface area (Å²) in [5.74, 6) is 1.52. The number of para-hydroxylation sites is 1. The minimum atomic E-state index is -4.31. The number of halogens is 3. The SMILES string of the molecule is C.CN(C)c1nc(NC2CCC(NCc3cccc(C(F)(F)F)c3)CC2)nc2ccccc12. The summed E-state index contributed by atoms with van der Waals surface area (Å²) >= 11 is 0. The van der Waals surface area contributed by atoms with E-state index in [9.17, 15) is 13.2 Å². The molecule has 3 aromatic rings. The third-order valence-corrected chi connectivity index (χ3v) is 5.92. The molecule has 0 spiro atoms. The largest absolute Gasteiger partial charge is 0.416 e. The van der Waals surface area contributed by atoms with Crippen LogP contribution in [-0.2, 0) is 12.7 Å². The van der Waals surface area contributed by atoms with Gasteiger partial charge in [-0.25, -0.2) is 4.98 Å². The molecule has 33 heavy (non-hydrogen) atoms. The Bertz CT molecular complexity index is 1060. The molecule has 0 amide bonds. The Labute approximate surface area is 193 Å². The summed E-state index contributed by atoms with van der Waals surface area (Å²) in [6.07, 6.45) is -0.506. The van der Waals surface area contributed by atoms with Crippen LogP contribution in [0.15, 0.2) is 48.5 Å². The van der Waals surface area contributed by atoms with Crippen molar-refractivity contribution in [3.63, 3.8) is 0 Å². The first kappa shape index (κ1) is 24.8. The van der Waals surface area contributed by atoms with Crippen molar-refractivity contribution >= 4 is 22.7 Å². The molecule has 0 radical (unpaired) electrons. The van der Waals surface area contributed by atoms with Crippen molar-refractivity contribution in [2.75, 3.05) is 24.3 Å². The zero-order chi connectivity index (χ0) is 22.7. The first-order chi connectivity index (χ1) is 15.3. The number of aromatic nitrogens is 2. The molecular weight excluding hydrogens is 427 g/mol. The molecule has 0 aliphatic heterocycles. The average molecular weight is 460 g/mol. The standard InChI is InChI=1S/C24H28F3N5.CH4/c1-32(2)22-20-8-3-4-9-21(20)30-23(31-22)29-19-12-10-18(11-13-19)28-15-16-6-5-7-17(14-16)24(25,26)27;/h3-9,14,18-19,28H,10-13,15H2,1-2H3,(H,29,30,31);1H4. The molecule has 4 rings (SSSR count). The summed E-state index contributed by atoms with van der Waals surface area (Å²) in [6.45, 7) is 0.437. The highest BCUT2D eigenvalue weighted by Crippen LogP contribution is 2.30. The monoisotopic (exact) mass is 459 g/mol. The van der Waals surface area contributed by atoms with Crippen LogP contribution in [0.5, 0.6) is 0 Å². The van der Waals surface area contributed by atoms with Crippen LogP contribution in [0.2, 0.25) is 0 Å². The Hall–Kier alpha value is -2.87. The Balaban J connectivity index is 0.00000306. The summed E-state index contributed by atoms with van der Waals surface area (Å²) in [4.78, 5) is 11.4. The number of alkyl halides is 3. The molecule has 2 aromatic carbocycles. The minimum absolute atomic E-state index is 0. The molecule has 0 unspecified atom stereocenters. The van der Waals surface area contributed by atoms with Gasteiger partial charge in [-0.2, -0.15) is 18.2 Å². The van der Waals surface area contributed by atoms with Crippen LogP contribution in [-0.4, -0.2) is 36.1 Å². The van der Waals surface area contributed by atoms with E-state index in [0.717, 1.165) is 48.5 Å². The predicted octanol–water partition coefficient (Wildman–Crippen LogP) is 5.86. The molecule has 2 N–H and O–H groups in total. The van der Waals surface area contributed by atoms with Gasteiger partial charge in [0.1, 0.15) is 5.82 Å². The third-order valence-electron chi connectivity index (χ3n) is 5.92. The van der Waals surface area contributed by atoms with Gasteiger partial charge in [0.05, 0.1) is 11.1 Å². The van der Waals surface area contributed by atoms with E-state index in [2.05, 4.69) is 15.6 Å². The second kappa shape index (κ2) is 10.4. The van der Waals surface area contributed by atoms with E-state index in [1.54, 1.807) is 6.07 Å². The molecule has 5 nitrogen and oxygen atoms in total. The lowest BCUT2D eigenvalue weighted by Gasteiger charge is -2.30. The van der Waals surface area contributed by atoms with Crippen molar-refractivity contribution in [2.45, 2.75) is 57.9 Å². The van der Waals surface area contributed by atoms with Crippen molar-refractivity contribution in [1.29, 1.82) is 0 Å². The fraction of sp³-hybridized carbons (Fsp3) is 0.440. The molecule has 1 heterocycles. The molecule has 178 valence electrons. The van der Waals surface area contributed by atoms with Crippen LogP contribution in [0.1, 0.15) is 44.2 Å². The molecule has 1 aliphatic carbocycles. The van der Waals surface area contributed by atoms with Crippen LogP contribution in [0.25, 0.3) is 10.9 Å². The average Bonchev–Trinajstić information content (AvgIpc) is 2.77. The van der Waals surface area contributed by atoms with Crippen LogP contribution in [0.3, 0.4) is 0 Å². The van der Waals surface area contributed by atoms with E-state index in [1.165, 1.54) is 12.1 Å². The van der Waals surface area contributed by atoms with E-state index in [1.807, 2.05) is 43.3 Å². The van der Waals surface area contributed by atoms with Gasteiger partial charge < -0.3 is 15.5 Å². The van der Waals surface area contributed by atoms with Gasteiger partial charge in [-0.05, 0) is 49.4 Å². The zero-order valence-corrected chi connectivity index (χ0v) is 18.3. The highest BCUT2D eigenvalue weighted by Gasteiger charge is 2.30. The molecule has 1 aromatic heterocycles. The summed E-state index contributed by atoms with van der Waals surface area (Å²) in [5.41, 5.74) is 0.961. The van der Waals surface area contributed by atoms with Crippen LogP contribution < -0.4 is 15.5 Å². The number of nitrogens with zero attached hydrogens (tertiary/aromatic N) is 3. The van der Waals surface area contributed by atoms with Gasteiger partial charge in [-0.15, -0.1) is 0 Å². The molecular formula is C25H32F3N5. The van der Waals surface area contributed by atoms with Gasteiger partial charge in [0.15, 0.2) is 0 Å². The zero-order valence-electron chi connectivity index (χ0n) is 18.3. The van der Waals surface area contributed by atoms with E-state index in [-0.39, 0.29) is 19.5 Å². The molecule has 1 saturated carbocycles. The maximum Gasteiger partial charge on any atom is 0.416 e. The van der Waals surface area contributed by atoms with Crippen molar-refractivity contribution in [2.24, 2.45) is 0 Å². The van der Waals surface area contributed by atoms with E-state index in [4.69, 9.17) is 4.98 Å². The third kappa shape index (κ3) is 6.13. The second-order valence-electron chi connectivity index (χ2n) is 8.55. The van der Waals surface area contributed by atoms with Crippen LogP contribution in [0, 0.1) is 0 Å². The van der Waals surface area contributed by atoms with Crippen molar-refractivity contribution < 1.29 is 13.2 Å². The Morgan fingerprint density at radius 1 is 0.939 bits per heavy atom.